The molecule has 0 nitrogen and oxygen atoms in total. The molecule has 0 amide bonds. The minimum atomic E-state index is 0. The SMILES string of the molecule is C=CC(C)CC.[MgH2]. The first-order chi connectivity index (χ1) is 2.81. The third-order valence-corrected chi connectivity index (χ3v) is 1.05. The van der Waals surface area contributed by atoms with E-state index in [2.05, 4.69) is 20.4 Å². The van der Waals surface area contributed by atoms with Gasteiger partial charge < -0.3 is 0 Å². The van der Waals surface area contributed by atoms with Crippen LogP contribution < -0.4 is 0 Å². The lowest BCUT2D eigenvalue weighted by Gasteiger charge is -1.93. The van der Waals surface area contributed by atoms with Crippen LogP contribution in [0.1, 0.15) is 20.3 Å². The Morgan fingerprint density at radius 3 is 2.14 bits per heavy atom. The van der Waals surface area contributed by atoms with Crippen molar-refractivity contribution in [2.45, 2.75) is 20.3 Å². The van der Waals surface area contributed by atoms with Crippen molar-refractivity contribution in [3.63, 3.8) is 0 Å². The molecule has 0 bridgehead atoms. The Morgan fingerprint density at radius 1 is 1.71 bits per heavy atom. The molecule has 0 rings (SSSR count). The molecule has 0 spiro atoms. The summed E-state index contributed by atoms with van der Waals surface area (Å²) in [6, 6.07) is 0. The van der Waals surface area contributed by atoms with Gasteiger partial charge in [-0.2, -0.15) is 0 Å². The molecule has 0 radical (unpaired) electrons. The van der Waals surface area contributed by atoms with E-state index >= 15 is 0 Å². The van der Waals surface area contributed by atoms with Crippen molar-refractivity contribution in [1.29, 1.82) is 0 Å². The van der Waals surface area contributed by atoms with E-state index in [4.69, 9.17) is 0 Å². The van der Waals surface area contributed by atoms with Gasteiger partial charge in [0.15, 0.2) is 0 Å². The molecule has 0 fully saturated rings. The average molecular weight is 110 g/mol. The van der Waals surface area contributed by atoms with Gasteiger partial charge in [0.05, 0.1) is 0 Å². The third-order valence-electron chi connectivity index (χ3n) is 1.05. The van der Waals surface area contributed by atoms with E-state index in [0.717, 1.165) is 0 Å². The molecule has 0 N–H and O–H groups in total. The number of hydrogen-bond acceptors (Lipinski definition) is 0. The molecule has 1 unspecified atom stereocenters. The lowest BCUT2D eigenvalue weighted by molar-refractivity contribution is 0.700. The van der Waals surface area contributed by atoms with E-state index in [1.54, 1.807) is 0 Å². The van der Waals surface area contributed by atoms with E-state index < -0.39 is 0 Å². The fourth-order valence-electron chi connectivity index (χ4n) is 0.167. The monoisotopic (exact) mass is 110 g/mol. The largest absolute Gasteiger partial charge is 0.316 e. The van der Waals surface area contributed by atoms with Crippen LogP contribution in [0.3, 0.4) is 0 Å². The molecule has 0 saturated heterocycles. The highest BCUT2D eigenvalue weighted by Crippen LogP contribution is 1.98. The fraction of sp³-hybridized carbons (Fsp3) is 0.667. The van der Waals surface area contributed by atoms with Crippen LogP contribution in [-0.2, 0) is 0 Å². The molecule has 7 heavy (non-hydrogen) atoms. The number of allylic oxidation sites excluding steroid dienone is 1. The standard InChI is InChI=1S/C6H12.Mg.2H/c1-4-6(3)5-2;;;/h4,6H,1,5H2,2-3H3;;;. The summed E-state index contributed by atoms with van der Waals surface area (Å²) in [6.07, 6.45) is 3.18. The molecule has 40 valence electrons. The summed E-state index contributed by atoms with van der Waals surface area (Å²) in [5, 5.41) is 0. The van der Waals surface area contributed by atoms with Gasteiger partial charge in [0.1, 0.15) is 0 Å². The van der Waals surface area contributed by atoms with Gasteiger partial charge >= 0.3 is 23.1 Å². The summed E-state index contributed by atoms with van der Waals surface area (Å²) in [5.41, 5.74) is 0. The van der Waals surface area contributed by atoms with E-state index in [1.807, 2.05) is 6.08 Å². The summed E-state index contributed by atoms with van der Waals surface area (Å²) in [7, 11) is 0. The summed E-state index contributed by atoms with van der Waals surface area (Å²) in [6.45, 7) is 7.95. The van der Waals surface area contributed by atoms with Crippen LogP contribution in [0.5, 0.6) is 0 Å². The normalized spacial score (nSPS) is 11.7. The minimum absolute atomic E-state index is 0. The quantitative estimate of drug-likeness (QED) is 0.371. The van der Waals surface area contributed by atoms with Crippen LogP contribution in [0, 0.1) is 5.92 Å². The van der Waals surface area contributed by atoms with Crippen molar-refractivity contribution in [2.24, 2.45) is 5.92 Å². The Morgan fingerprint density at radius 2 is 2.14 bits per heavy atom. The van der Waals surface area contributed by atoms with Gasteiger partial charge in [0.25, 0.3) is 0 Å². The lowest BCUT2D eigenvalue weighted by Crippen LogP contribution is -1.80. The Balaban J connectivity index is 0. The third kappa shape index (κ3) is 6.51. The fourth-order valence-corrected chi connectivity index (χ4v) is 0.167. The Kier molecular flexibility index (Phi) is 9.74. The van der Waals surface area contributed by atoms with Crippen molar-refractivity contribution < 1.29 is 0 Å². The molecule has 0 aromatic rings. The van der Waals surface area contributed by atoms with E-state index in [1.165, 1.54) is 6.42 Å². The van der Waals surface area contributed by atoms with Gasteiger partial charge in [-0.15, -0.1) is 6.58 Å². The average Bonchev–Trinajstić information content (AvgIpc) is 1.65. The van der Waals surface area contributed by atoms with Crippen LogP contribution in [-0.4, -0.2) is 23.1 Å². The van der Waals surface area contributed by atoms with Gasteiger partial charge in [-0.05, 0) is 5.92 Å². The number of rotatable bonds is 2. The summed E-state index contributed by atoms with van der Waals surface area (Å²) >= 11 is 0. The maximum Gasteiger partial charge on any atom is 0.316 e. The van der Waals surface area contributed by atoms with Gasteiger partial charge in [-0.25, -0.2) is 0 Å². The van der Waals surface area contributed by atoms with Crippen LogP contribution in [0.25, 0.3) is 0 Å². The Hall–Kier alpha value is 0.506. The van der Waals surface area contributed by atoms with Crippen molar-refractivity contribution in [3.8, 4) is 0 Å². The Labute approximate surface area is 62.1 Å². The topological polar surface area (TPSA) is 0 Å². The zero-order valence-electron chi connectivity index (χ0n) is 4.57. The predicted octanol–water partition coefficient (Wildman–Crippen LogP) is 1.30. The molecular weight excluding hydrogens is 96.4 g/mol. The van der Waals surface area contributed by atoms with E-state index in [9.17, 15) is 0 Å². The van der Waals surface area contributed by atoms with Crippen molar-refractivity contribution >= 4 is 23.1 Å². The zero-order chi connectivity index (χ0) is 4.99. The summed E-state index contributed by atoms with van der Waals surface area (Å²) in [4.78, 5) is 0. The first-order valence-electron chi connectivity index (χ1n) is 2.43. The number of hydrogen-bond donors (Lipinski definition) is 0. The molecule has 0 aliphatic heterocycles. The molecule has 0 heterocycles. The molecule has 0 aliphatic carbocycles. The molecular formula is C6H14Mg. The molecule has 0 aromatic heterocycles. The second-order valence-corrected chi connectivity index (χ2v) is 1.62. The summed E-state index contributed by atoms with van der Waals surface area (Å²) in [5.74, 6) is 0.699. The molecule has 0 saturated carbocycles. The molecule has 0 aliphatic rings. The minimum Gasteiger partial charge on any atom is -0.103 e. The van der Waals surface area contributed by atoms with Crippen LogP contribution in [0.4, 0.5) is 0 Å². The van der Waals surface area contributed by atoms with Crippen molar-refractivity contribution in [3.05, 3.63) is 12.7 Å². The lowest BCUT2D eigenvalue weighted by atomic mass is 10.1. The first kappa shape index (κ1) is 10.5. The van der Waals surface area contributed by atoms with E-state index in [0.29, 0.717) is 5.92 Å². The van der Waals surface area contributed by atoms with Gasteiger partial charge in [0, 0.05) is 0 Å². The maximum absolute atomic E-state index is 3.63. The van der Waals surface area contributed by atoms with Gasteiger partial charge in [-0.3, -0.25) is 0 Å². The van der Waals surface area contributed by atoms with Gasteiger partial charge in [0.2, 0.25) is 0 Å². The van der Waals surface area contributed by atoms with Gasteiger partial charge in [-0.1, -0.05) is 26.3 Å². The van der Waals surface area contributed by atoms with Crippen molar-refractivity contribution in [1.82, 2.24) is 0 Å². The molecule has 1 atom stereocenters. The second kappa shape index (κ2) is 6.51. The molecule has 0 aromatic carbocycles. The second-order valence-electron chi connectivity index (χ2n) is 1.62. The van der Waals surface area contributed by atoms with Crippen molar-refractivity contribution in [2.75, 3.05) is 0 Å². The first-order valence-corrected chi connectivity index (χ1v) is 2.43. The Bertz CT molecular complexity index is 41.4. The highest BCUT2D eigenvalue weighted by atomic mass is 24.3. The highest BCUT2D eigenvalue weighted by molar-refractivity contribution is 5.75. The highest BCUT2D eigenvalue weighted by Gasteiger charge is 1.84. The maximum atomic E-state index is 3.63. The van der Waals surface area contributed by atoms with Crippen LogP contribution >= 0.6 is 0 Å². The summed E-state index contributed by atoms with van der Waals surface area (Å²) < 4.78 is 0. The van der Waals surface area contributed by atoms with E-state index in [-0.39, 0.29) is 23.1 Å². The van der Waals surface area contributed by atoms with Crippen LogP contribution in [0.15, 0.2) is 12.7 Å². The smallest absolute Gasteiger partial charge is 0.103 e. The predicted molar refractivity (Wildman–Crippen MR) is 38.2 cm³/mol. The van der Waals surface area contributed by atoms with Crippen LogP contribution in [0.2, 0.25) is 0 Å². The zero-order valence-corrected chi connectivity index (χ0v) is 4.57. The molecule has 1 heteroatoms.